The molecule has 2 rings (SSSR count). The molecule has 1 aromatic carbocycles. The zero-order valence-corrected chi connectivity index (χ0v) is 15.6. The van der Waals surface area contributed by atoms with Crippen LogP contribution in [0.15, 0.2) is 29.3 Å². The van der Waals surface area contributed by atoms with Gasteiger partial charge in [-0.2, -0.15) is 11.8 Å². The van der Waals surface area contributed by atoms with Crippen LogP contribution in [-0.4, -0.2) is 36.5 Å². The first-order valence-electron chi connectivity index (χ1n) is 8.54. The largest absolute Gasteiger partial charge is 0.355 e. The first-order valence-corrected chi connectivity index (χ1v) is 9.59. The molecule has 1 saturated heterocycles. The number of amides is 1. The Hall–Kier alpha value is -1.69. The van der Waals surface area contributed by atoms with Crippen molar-refractivity contribution < 1.29 is 4.79 Å². The number of rotatable bonds is 6. The molecule has 1 aliphatic rings. The zero-order valence-electron chi connectivity index (χ0n) is 14.8. The van der Waals surface area contributed by atoms with Gasteiger partial charge in [-0.25, -0.2) is 0 Å². The summed E-state index contributed by atoms with van der Waals surface area (Å²) in [7, 11) is 1.79. The molecule has 132 valence electrons. The highest BCUT2D eigenvalue weighted by molar-refractivity contribution is 8.00. The molecule has 24 heavy (non-hydrogen) atoms. The molecule has 1 aliphatic heterocycles. The third-order valence-corrected chi connectivity index (χ3v) is 5.35. The Morgan fingerprint density at radius 2 is 2.04 bits per heavy atom. The SMILES string of the molecule is CN=C(NCc1ccc(NC(=O)C(C)C)cc1)NCC1CCCS1. The second-order valence-electron chi connectivity index (χ2n) is 6.28. The minimum Gasteiger partial charge on any atom is -0.355 e. The summed E-state index contributed by atoms with van der Waals surface area (Å²) in [4.78, 5) is 16.0. The molecule has 5 nitrogen and oxygen atoms in total. The van der Waals surface area contributed by atoms with Crippen LogP contribution in [0.5, 0.6) is 0 Å². The van der Waals surface area contributed by atoms with E-state index in [1.807, 2.05) is 49.9 Å². The highest BCUT2D eigenvalue weighted by Gasteiger charge is 2.15. The number of nitrogens with one attached hydrogen (secondary N) is 3. The van der Waals surface area contributed by atoms with E-state index in [1.54, 1.807) is 7.05 Å². The Morgan fingerprint density at radius 3 is 2.62 bits per heavy atom. The number of aliphatic imine (C=N–C) groups is 1. The van der Waals surface area contributed by atoms with Crippen LogP contribution in [0.2, 0.25) is 0 Å². The van der Waals surface area contributed by atoms with Crippen LogP contribution in [-0.2, 0) is 11.3 Å². The van der Waals surface area contributed by atoms with Crippen molar-refractivity contribution in [2.45, 2.75) is 38.5 Å². The molecule has 0 radical (unpaired) electrons. The Kier molecular flexibility index (Phi) is 7.43. The Balaban J connectivity index is 1.76. The lowest BCUT2D eigenvalue weighted by molar-refractivity contribution is -0.118. The average molecular weight is 349 g/mol. The maximum atomic E-state index is 11.7. The second-order valence-corrected chi connectivity index (χ2v) is 7.69. The predicted molar refractivity (Wildman–Crippen MR) is 104 cm³/mol. The number of benzene rings is 1. The first-order chi connectivity index (χ1) is 11.6. The lowest BCUT2D eigenvalue weighted by Gasteiger charge is -2.15. The van der Waals surface area contributed by atoms with Crippen molar-refractivity contribution in [3.05, 3.63) is 29.8 Å². The third kappa shape index (κ3) is 6.07. The lowest BCUT2D eigenvalue weighted by Crippen LogP contribution is -2.39. The van der Waals surface area contributed by atoms with Crippen molar-refractivity contribution >= 4 is 29.3 Å². The highest BCUT2D eigenvalue weighted by Crippen LogP contribution is 2.25. The molecular weight excluding hydrogens is 320 g/mol. The van der Waals surface area contributed by atoms with Crippen molar-refractivity contribution in [3.63, 3.8) is 0 Å². The standard InChI is InChI=1S/C18H28N4OS/c1-13(2)17(23)22-15-8-6-14(7-9-15)11-20-18(19-3)21-12-16-5-4-10-24-16/h6-9,13,16H,4-5,10-12H2,1-3H3,(H,22,23)(H2,19,20,21). The van der Waals surface area contributed by atoms with E-state index in [1.165, 1.54) is 18.6 Å². The van der Waals surface area contributed by atoms with Crippen LogP contribution >= 0.6 is 11.8 Å². The van der Waals surface area contributed by atoms with Gasteiger partial charge in [0.25, 0.3) is 0 Å². The van der Waals surface area contributed by atoms with Crippen LogP contribution in [0.4, 0.5) is 5.69 Å². The monoisotopic (exact) mass is 348 g/mol. The number of hydrogen-bond donors (Lipinski definition) is 3. The molecule has 1 unspecified atom stereocenters. The van der Waals surface area contributed by atoms with Gasteiger partial charge in [0.15, 0.2) is 5.96 Å². The second kappa shape index (κ2) is 9.57. The van der Waals surface area contributed by atoms with Gasteiger partial charge in [-0.3, -0.25) is 9.79 Å². The van der Waals surface area contributed by atoms with Gasteiger partial charge in [0.05, 0.1) is 0 Å². The molecule has 0 aromatic heterocycles. The van der Waals surface area contributed by atoms with E-state index in [9.17, 15) is 4.79 Å². The van der Waals surface area contributed by atoms with Crippen molar-refractivity contribution in [3.8, 4) is 0 Å². The summed E-state index contributed by atoms with van der Waals surface area (Å²) in [5, 5.41) is 10.3. The van der Waals surface area contributed by atoms with E-state index in [2.05, 4.69) is 20.9 Å². The van der Waals surface area contributed by atoms with Crippen molar-refractivity contribution in [2.75, 3.05) is 24.7 Å². The molecular formula is C18H28N4OS. The van der Waals surface area contributed by atoms with Gasteiger partial charge in [-0.05, 0) is 36.3 Å². The quantitative estimate of drug-likeness (QED) is 0.546. The summed E-state index contributed by atoms with van der Waals surface area (Å²) in [5.74, 6) is 2.13. The van der Waals surface area contributed by atoms with Gasteiger partial charge in [0.1, 0.15) is 0 Å². The van der Waals surface area contributed by atoms with E-state index >= 15 is 0 Å². The van der Waals surface area contributed by atoms with Gasteiger partial charge < -0.3 is 16.0 Å². The topological polar surface area (TPSA) is 65.5 Å². The normalized spacial score (nSPS) is 17.8. The lowest BCUT2D eigenvalue weighted by atomic mass is 10.1. The van der Waals surface area contributed by atoms with E-state index in [0.29, 0.717) is 11.8 Å². The third-order valence-electron chi connectivity index (χ3n) is 3.95. The van der Waals surface area contributed by atoms with E-state index in [-0.39, 0.29) is 11.8 Å². The number of hydrogen-bond acceptors (Lipinski definition) is 3. The van der Waals surface area contributed by atoms with E-state index < -0.39 is 0 Å². The van der Waals surface area contributed by atoms with Crippen LogP contribution in [0.1, 0.15) is 32.3 Å². The Bertz CT molecular complexity index is 551. The molecule has 0 bridgehead atoms. The van der Waals surface area contributed by atoms with Crippen LogP contribution in [0.3, 0.4) is 0 Å². The number of nitrogens with zero attached hydrogens (tertiary/aromatic N) is 1. The number of anilines is 1. The highest BCUT2D eigenvalue weighted by atomic mass is 32.2. The fourth-order valence-electron chi connectivity index (χ4n) is 2.41. The maximum Gasteiger partial charge on any atom is 0.226 e. The van der Waals surface area contributed by atoms with Gasteiger partial charge in [-0.1, -0.05) is 26.0 Å². The maximum absolute atomic E-state index is 11.7. The molecule has 3 N–H and O–H groups in total. The number of thioether (sulfide) groups is 1. The molecule has 0 aliphatic carbocycles. The molecule has 1 fully saturated rings. The number of carbonyl (C=O) groups is 1. The molecule has 1 heterocycles. The van der Waals surface area contributed by atoms with Crippen molar-refractivity contribution in [1.82, 2.24) is 10.6 Å². The zero-order chi connectivity index (χ0) is 17.4. The minimum absolute atomic E-state index is 0.0150. The summed E-state index contributed by atoms with van der Waals surface area (Å²) in [5.41, 5.74) is 1.98. The molecule has 1 amide bonds. The average Bonchev–Trinajstić information content (AvgIpc) is 3.09. The van der Waals surface area contributed by atoms with Crippen LogP contribution in [0, 0.1) is 5.92 Å². The summed E-state index contributed by atoms with van der Waals surface area (Å²) < 4.78 is 0. The van der Waals surface area contributed by atoms with Crippen LogP contribution < -0.4 is 16.0 Å². The van der Waals surface area contributed by atoms with Gasteiger partial charge in [0.2, 0.25) is 5.91 Å². The summed E-state index contributed by atoms with van der Waals surface area (Å²) in [6.45, 7) is 5.44. The summed E-state index contributed by atoms with van der Waals surface area (Å²) >= 11 is 2.04. The van der Waals surface area contributed by atoms with E-state index in [4.69, 9.17) is 0 Å². The fourth-order valence-corrected chi connectivity index (χ4v) is 3.62. The number of carbonyl (C=O) groups excluding carboxylic acids is 1. The van der Waals surface area contributed by atoms with Crippen molar-refractivity contribution in [2.24, 2.45) is 10.9 Å². The predicted octanol–water partition coefficient (Wildman–Crippen LogP) is 2.84. The fraction of sp³-hybridized carbons (Fsp3) is 0.556. The number of guanidine groups is 1. The van der Waals surface area contributed by atoms with E-state index in [0.717, 1.165) is 23.8 Å². The molecule has 0 saturated carbocycles. The Morgan fingerprint density at radius 1 is 1.29 bits per heavy atom. The van der Waals surface area contributed by atoms with Gasteiger partial charge >= 0.3 is 0 Å². The first kappa shape index (κ1) is 18.6. The molecule has 0 spiro atoms. The van der Waals surface area contributed by atoms with Crippen molar-refractivity contribution in [1.29, 1.82) is 0 Å². The van der Waals surface area contributed by atoms with Gasteiger partial charge in [0, 0.05) is 37.0 Å². The molecule has 1 aromatic rings. The summed E-state index contributed by atoms with van der Waals surface area (Å²) in [6.07, 6.45) is 2.61. The van der Waals surface area contributed by atoms with Gasteiger partial charge in [-0.15, -0.1) is 0 Å². The minimum atomic E-state index is -0.0150. The smallest absolute Gasteiger partial charge is 0.226 e. The summed E-state index contributed by atoms with van der Waals surface area (Å²) in [6, 6.07) is 7.90. The molecule has 6 heteroatoms. The molecule has 1 atom stereocenters. The van der Waals surface area contributed by atoms with Crippen LogP contribution in [0.25, 0.3) is 0 Å². The Labute approximate surface area is 149 Å².